The maximum atomic E-state index is 14.2. The third-order valence-corrected chi connectivity index (χ3v) is 5.19. The minimum absolute atomic E-state index is 0.123. The van der Waals surface area contributed by atoms with Gasteiger partial charge in [0, 0.05) is 6.42 Å². The third kappa shape index (κ3) is 4.32. The number of fused-ring (bicyclic) bond motifs is 1. The lowest BCUT2D eigenvalue weighted by atomic mass is 9.93. The standard InChI is InChI=1S/C23H27FO2/c1-3-4-5-6-17-8-10-18(11-9-17)12-14-20-15-19-13-7-16(2)22(24)21(19)23(25)26-20/h7-11,13,20H,3-6,12,14-15H2,1-2H3. The number of ether oxygens (including phenoxy) is 1. The highest BCUT2D eigenvalue weighted by atomic mass is 19.1. The van der Waals surface area contributed by atoms with Crippen molar-refractivity contribution in [2.75, 3.05) is 0 Å². The smallest absolute Gasteiger partial charge is 0.341 e. The van der Waals surface area contributed by atoms with Gasteiger partial charge in [-0.15, -0.1) is 0 Å². The molecule has 2 nitrogen and oxygen atoms in total. The normalized spacial score (nSPS) is 16.3. The average Bonchev–Trinajstić information content (AvgIpc) is 2.64. The van der Waals surface area contributed by atoms with Crippen LogP contribution in [0.4, 0.5) is 4.39 Å². The summed E-state index contributed by atoms with van der Waals surface area (Å²) in [7, 11) is 0. The van der Waals surface area contributed by atoms with Crippen LogP contribution >= 0.6 is 0 Å². The van der Waals surface area contributed by atoms with E-state index in [0.29, 0.717) is 12.0 Å². The van der Waals surface area contributed by atoms with Gasteiger partial charge in [-0.3, -0.25) is 0 Å². The Hall–Kier alpha value is -2.16. The summed E-state index contributed by atoms with van der Waals surface area (Å²) in [6, 6.07) is 12.3. The second-order valence-corrected chi connectivity index (χ2v) is 7.27. The number of hydrogen-bond donors (Lipinski definition) is 0. The zero-order chi connectivity index (χ0) is 18.5. The van der Waals surface area contributed by atoms with Gasteiger partial charge in [-0.2, -0.15) is 0 Å². The van der Waals surface area contributed by atoms with E-state index in [9.17, 15) is 9.18 Å². The van der Waals surface area contributed by atoms with Crippen molar-refractivity contribution in [3.05, 3.63) is 70.0 Å². The van der Waals surface area contributed by atoms with Gasteiger partial charge in [0.15, 0.2) is 0 Å². The SMILES string of the molecule is CCCCCc1ccc(CCC2Cc3ccc(C)c(F)c3C(=O)O2)cc1. The van der Waals surface area contributed by atoms with Crippen LogP contribution in [-0.2, 0) is 24.0 Å². The van der Waals surface area contributed by atoms with Crippen molar-refractivity contribution in [1.82, 2.24) is 0 Å². The van der Waals surface area contributed by atoms with Crippen LogP contribution in [0.1, 0.15) is 65.2 Å². The number of halogens is 1. The largest absolute Gasteiger partial charge is 0.458 e. The molecule has 0 saturated carbocycles. The second kappa shape index (κ2) is 8.48. The lowest BCUT2D eigenvalue weighted by molar-refractivity contribution is 0.0231. The summed E-state index contributed by atoms with van der Waals surface area (Å²) < 4.78 is 19.6. The Morgan fingerprint density at radius 1 is 1.04 bits per heavy atom. The van der Waals surface area contributed by atoms with Crippen molar-refractivity contribution in [1.29, 1.82) is 0 Å². The molecule has 2 aromatic carbocycles. The highest BCUT2D eigenvalue weighted by Gasteiger charge is 2.29. The third-order valence-electron chi connectivity index (χ3n) is 5.19. The Morgan fingerprint density at radius 3 is 2.42 bits per heavy atom. The van der Waals surface area contributed by atoms with Crippen LogP contribution in [0.3, 0.4) is 0 Å². The minimum Gasteiger partial charge on any atom is -0.458 e. The van der Waals surface area contributed by atoms with E-state index in [1.54, 1.807) is 13.0 Å². The van der Waals surface area contributed by atoms with Crippen molar-refractivity contribution >= 4 is 5.97 Å². The molecule has 0 spiro atoms. The summed E-state index contributed by atoms with van der Waals surface area (Å²) in [4.78, 5) is 12.2. The van der Waals surface area contributed by atoms with Crippen molar-refractivity contribution in [3.63, 3.8) is 0 Å². The Bertz CT molecular complexity index is 765. The number of esters is 1. The monoisotopic (exact) mass is 354 g/mol. The molecule has 0 N–H and O–H groups in total. The Balaban J connectivity index is 1.57. The highest BCUT2D eigenvalue weighted by Crippen LogP contribution is 2.27. The highest BCUT2D eigenvalue weighted by molar-refractivity contribution is 5.92. The zero-order valence-electron chi connectivity index (χ0n) is 15.7. The molecule has 0 aromatic heterocycles. The fraction of sp³-hybridized carbons (Fsp3) is 0.435. The summed E-state index contributed by atoms with van der Waals surface area (Å²) in [6.45, 7) is 3.88. The van der Waals surface area contributed by atoms with Crippen molar-refractivity contribution < 1.29 is 13.9 Å². The molecule has 1 unspecified atom stereocenters. The Kier molecular flexibility index (Phi) is 6.08. The molecule has 26 heavy (non-hydrogen) atoms. The molecule has 2 aromatic rings. The molecule has 1 heterocycles. The van der Waals surface area contributed by atoms with Gasteiger partial charge in [-0.05, 0) is 54.9 Å². The first-order valence-corrected chi connectivity index (χ1v) is 9.65. The Morgan fingerprint density at radius 2 is 1.73 bits per heavy atom. The molecule has 1 aliphatic rings. The molecule has 1 aliphatic heterocycles. The topological polar surface area (TPSA) is 26.3 Å². The molecule has 0 radical (unpaired) electrons. The second-order valence-electron chi connectivity index (χ2n) is 7.27. The molecule has 0 aliphatic carbocycles. The zero-order valence-corrected chi connectivity index (χ0v) is 15.7. The van der Waals surface area contributed by atoms with Crippen molar-refractivity contribution in [2.45, 2.75) is 64.9 Å². The summed E-state index contributed by atoms with van der Waals surface area (Å²) in [5, 5.41) is 0. The first kappa shape index (κ1) is 18.6. The number of hydrogen-bond acceptors (Lipinski definition) is 2. The maximum Gasteiger partial charge on any atom is 0.341 e. The predicted molar refractivity (Wildman–Crippen MR) is 102 cm³/mol. The number of benzene rings is 2. The molecule has 0 fully saturated rings. The number of carbonyl (C=O) groups is 1. The van der Waals surface area contributed by atoms with Crippen LogP contribution in [0.5, 0.6) is 0 Å². The van der Waals surface area contributed by atoms with Crippen LogP contribution < -0.4 is 0 Å². The predicted octanol–water partition coefficient (Wildman–Crippen LogP) is 5.58. The van der Waals surface area contributed by atoms with E-state index in [-0.39, 0.29) is 11.7 Å². The van der Waals surface area contributed by atoms with E-state index in [2.05, 4.69) is 31.2 Å². The number of aryl methyl sites for hydroxylation is 3. The van der Waals surface area contributed by atoms with Crippen molar-refractivity contribution in [2.24, 2.45) is 0 Å². The van der Waals surface area contributed by atoms with Crippen molar-refractivity contribution in [3.8, 4) is 0 Å². The Labute approximate surface area is 155 Å². The van der Waals surface area contributed by atoms with E-state index in [0.717, 1.165) is 24.8 Å². The molecule has 0 saturated heterocycles. The first-order valence-electron chi connectivity index (χ1n) is 9.65. The lowest BCUT2D eigenvalue weighted by Crippen LogP contribution is -2.29. The van der Waals surface area contributed by atoms with E-state index in [4.69, 9.17) is 4.74 Å². The van der Waals surface area contributed by atoms with Crippen LogP contribution in [0.25, 0.3) is 0 Å². The summed E-state index contributed by atoms with van der Waals surface area (Å²) in [5.41, 5.74) is 4.00. The number of carbonyl (C=O) groups excluding carboxylic acids is 1. The fourth-order valence-electron chi connectivity index (χ4n) is 3.55. The molecule has 3 heteroatoms. The van der Waals surface area contributed by atoms with Gasteiger partial charge < -0.3 is 4.74 Å². The van der Waals surface area contributed by atoms with Crippen LogP contribution in [0, 0.1) is 12.7 Å². The van der Waals surface area contributed by atoms with E-state index in [1.165, 1.54) is 30.4 Å². The van der Waals surface area contributed by atoms with E-state index < -0.39 is 11.8 Å². The lowest BCUT2D eigenvalue weighted by Gasteiger charge is -2.25. The van der Waals surface area contributed by atoms with Gasteiger partial charge >= 0.3 is 5.97 Å². The summed E-state index contributed by atoms with van der Waals surface area (Å²) >= 11 is 0. The van der Waals surface area contributed by atoms with E-state index >= 15 is 0 Å². The molecular weight excluding hydrogens is 327 g/mol. The van der Waals surface area contributed by atoms with Gasteiger partial charge in [0.25, 0.3) is 0 Å². The van der Waals surface area contributed by atoms with Crippen LogP contribution in [0.2, 0.25) is 0 Å². The van der Waals surface area contributed by atoms with Crippen LogP contribution in [-0.4, -0.2) is 12.1 Å². The molecular formula is C23H27FO2. The summed E-state index contributed by atoms with van der Waals surface area (Å²) in [6.07, 6.45) is 6.92. The molecule has 0 amide bonds. The van der Waals surface area contributed by atoms with Gasteiger partial charge in [0.1, 0.15) is 11.9 Å². The van der Waals surface area contributed by atoms with Crippen LogP contribution in [0.15, 0.2) is 36.4 Å². The van der Waals surface area contributed by atoms with E-state index in [1.807, 2.05) is 6.07 Å². The minimum atomic E-state index is -0.524. The van der Waals surface area contributed by atoms with Gasteiger partial charge in [-0.25, -0.2) is 9.18 Å². The van der Waals surface area contributed by atoms with Gasteiger partial charge in [0.05, 0.1) is 5.56 Å². The molecule has 138 valence electrons. The van der Waals surface area contributed by atoms with Gasteiger partial charge in [0.2, 0.25) is 0 Å². The molecule has 3 rings (SSSR count). The fourth-order valence-corrected chi connectivity index (χ4v) is 3.55. The number of cyclic esters (lactones) is 1. The molecule has 0 bridgehead atoms. The maximum absolute atomic E-state index is 14.2. The number of unbranched alkanes of at least 4 members (excludes halogenated alkanes) is 2. The van der Waals surface area contributed by atoms with Gasteiger partial charge in [-0.1, -0.05) is 56.2 Å². The summed E-state index contributed by atoms with van der Waals surface area (Å²) in [5.74, 6) is -0.965. The quantitative estimate of drug-likeness (QED) is 0.479. The number of rotatable bonds is 7. The average molecular weight is 354 g/mol. The first-order chi connectivity index (χ1) is 12.6. The molecule has 1 atom stereocenters.